The van der Waals surface area contributed by atoms with Gasteiger partial charge in [0.2, 0.25) is 5.13 Å². The second-order valence-corrected chi connectivity index (χ2v) is 5.34. The number of hydrogen-bond donors (Lipinski definition) is 2. The van der Waals surface area contributed by atoms with E-state index in [9.17, 15) is 4.21 Å². The van der Waals surface area contributed by atoms with Crippen molar-refractivity contribution < 1.29 is 4.21 Å². The fraction of sp³-hybridized carbons (Fsp3) is 0.600. The van der Waals surface area contributed by atoms with Gasteiger partial charge in [-0.1, -0.05) is 11.3 Å². The van der Waals surface area contributed by atoms with Crippen LogP contribution in [0.3, 0.4) is 0 Å². The Balaban J connectivity index is 2.33. The molecule has 1 rings (SSSR count). The maximum atomic E-state index is 10.7. The number of rotatable bonds is 4. The van der Waals surface area contributed by atoms with Gasteiger partial charge >= 0.3 is 0 Å². The summed E-state index contributed by atoms with van der Waals surface area (Å²) in [6, 6.07) is 0. The zero-order chi connectivity index (χ0) is 8.97. The van der Waals surface area contributed by atoms with E-state index < -0.39 is 10.8 Å². The Labute approximate surface area is 81.9 Å². The minimum absolute atomic E-state index is 0.631. The second-order valence-electron chi connectivity index (χ2n) is 2.12. The molecule has 0 aliphatic rings. The number of aromatic nitrogens is 2. The van der Waals surface area contributed by atoms with Crippen LogP contribution in [0.5, 0.6) is 0 Å². The smallest absolute Gasteiger partial charge is 0.204 e. The van der Waals surface area contributed by atoms with Crippen molar-refractivity contribution in [1.82, 2.24) is 10.2 Å². The molecule has 1 aromatic rings. The number of nitrogens with one attached hydrogen (secondary N) is 2. The van der Waals surface area contributed by atoms with Gasteiger partial charge < -0.3 is 5.32 Å². The summed E-state index contributed by atoms with van der Waals surface area (Å²) in [5.74, 6) is 0.631. The lowest BCUT2D eigenvalue weighted by molar-refractivity contribution is 0.687. The zero-order valence-electron chi connectivity index (χ0n) is 6.49. The summed E-state index contributed by atoms with van der Waals surface area (Å²) in [7, 11) is -0.754. The van der Waals surface area contributed by atoms with Gasteiger partial charge in [0.1, 0.15) is 0 Å². The van der Waals surface area contributed by atoms with Crippen molar-refractivity contribution in [1.29, 1.82) is 0 Å². The van der Waals surface area contributed by atoms with Gasteiger partial charge in [-0.15, -0.1) is 5.10 Å². The molecule has 0 saturated carbocycles. The Kier molecular flexibility index (Phi) is 3.83. The summed E-state index contributed by atoms with van der Waals surface area (Å²) in [5, 5.41) is 10.3. The number of hydrogen-bond acceptors (Lipinski definition) is 5. The molecule has 0 saturated heterocycles. The van der Waals surface area contributed by atoms with Crippen LogP contribution in [0, 0.1) is 3.95 Å². The molecule has 1 unspecified atom stereocenters. The largest absolute Gasteiger partial charge is 0.359 e. The molecule has 1 atom stereocenters. The molecule has 1 heterocycles. The minimum Gasteiger partial charge on any atom is -0.359 e. The average molecular weight is 223 g/mol. The van der Waals surface area contributed by atoms with Gasteiger partial charge in [0.15, 0.2) is 3.95 Å². The Morgan fingerprint density at radius 2 is 2.58 bits per heavy atom. The van der Waals surface area contributed by atoms with Crippen molar-refractivity contribution in [3.05, 3.63) is 3.95 Å². The highest BCUT2D eigenvalue weighted by Gasteiger charge is 1.96. The van der Waals surface area contributed by atoms with E-state index in [1.165, 1.54) is 11.3 Å². The highest BCUT2D eigenvalue weighted by Crippen LogP contribution is 2.09. The predicted octanol–water partition coefficient (Wildman–Crippen LogP) is 0.991. The van der Waals surface area contributed by atoms with E-state index in [0.717, 1.165) is 5.13 Å². The Morgan fingerprint density at radius 3 is 3.08 bits per heavy atom. The molecule has 0 radical (unpaired) electrons. The monoisotopic (exact) mass is 223 g/mol. The molecule has 0 aliphatic carbocycles. The molecule has 0 aromatic carbocycles. The molecule has 4 nitrogen and oxygen atoms in total. The molecule has 2 N–H and O–H groups in total. The maximum Gasteiger partial charge on any atom is 0.204 e. The molecule has 12 heavy (non-hydrogen) atoms. The summed E-state index contributed by atoms with van der Waals surface area (Å²) >= 11 is 6.21. The highest BCUT2D eigenvalue weighted by atomic mass is 32.2. The molecule has 0 fully saturated rings. The van der Waals surface area contributed by atoms with Gasteiger partial charge in [0.05, 0.1) is 0 Å². The third kappa shape index (κ3) is 3.42. The van der Waals surface area contributed by atoms with Gasteiger partial charge in [-0.2, -0.15) is 0 Å². The summed E-state index contributed by atoms with van der Waals surface area (Å²) in [5.41, 5.74) is 0. The van der Waals surface area contributed by atoms with Crippen LogP contribution < -0.4 is 5.32 Å². The fourth-order valence-corrected chi connectivity index (χ4v) is 1.81. The van der Waals surface area contributed by atoms with E-state index in [-0.39, 0.29) is 0 Å². The molecule has 1 aromatic heterocycles. The molecular weight excluding hydrogens is 214 g/mol. The molecular formula is C5H9N3OS3. The van der Waals surface area contributed by atoms with Gasteiger partial charge in [-0.25, -0.2) is 0 Å². The number of aromatic amines is 1. The summed E-state index contributed by atoms with van der Waals surface area (Å²) in [6.07, 6.45) is 1.67. The van der Waals surface area contributed by atoms with Crippen LogP contribution in [-0.2, 0) is 10.8 Å². The topological polar surface area (TPSA) is 57.8 Å². The lowest BCUT2D eigenvalue weighted by Gasteiger charge is -1.97. The SMILES string of the molecule is CS(=O)CCNc1n[nH]c(=S)s1. The third-order valence-electron chi connectivity index (χ3n) is 1.10. The standard InChI is InChI=1S/C5H9N3OS3/c1-12(9)3-2-6-4-7-8-5(10)11-4/h2-3H2,1H3,(H,6,7)(H,8,10). The lowest BCUT2D eigenvalue weighted by Crippen LogP contribution is -2.09. The normalized spacial score (nSPS) is 12.8. The molecule has 0 bridgehead atoms. The first-order chi connectivity index (χ1) is 5.68. The van der Waals surface area contributed by atoms with E-state index in [2.05, 4.69) is 15.5 Å². The Hall–Kier alpha value is -0.270. The van der Waals surface area contributed by atoms with Crippen molar-refractivity contribution in [2.45, 2.75) is 0 Å². The van der Waals surface area contributed by atoms with Crippen LogP contribution in [-0.4, -0.2) is 33.0 Å². The molecule has 0 aliphatic heterocycles. The second kappa shape index (κ2) is 4.68. The van der Waals surface area contributed by atoms with E-state index in [1.807, 2.05) is 0 Å². The van der Waals surface area contributed by atoms with Crippen molar-refractivity contribution >= 4 is 39.5 Å². The van der Waals surface area contributed by atoms with E-state index in [0.29, 0.717) is 16.3 Å². The van der Waals surface area contributed by atoms with Crippen LogP contribution in [0.4, 0.5) is 5.13 Å². The highest BCUT2D eigenvalue weighted by molar-refractivity contribution is 7.84. The number of anilines is 1. The Bertz CT molecular complexity index is 318. The minimum atomic E-state index is -0.754. The van der Waals surface area contributed by atoms with Crippen LogP contribution in [0.1, 0.15) is 0 Å². The molecule has 0 amide bonds. The summed E-state index contributed by atoms with van der Waals surface area (Å²) in [4.78, 5) is 0. The zero-order valence-corrected chi connectivity index (χ0v) is 8.94. The van der Waals surface area contributed by atoms with Crippen LogP contribution in [0.15, 0.2) is 0 Å². The fourth-order valence-electron chi connectivity index (χ4n) is 0.607. The van der Waals surface area contributed by atoms with Gasteiger partial charge in [-0.05, 0) is 12.2 Å². The summed E-state index contributed by atoms with van der Waals surface area (Å²) < 4.78 is 11.3. The molecule has 7 heteroatoms. The van der Waals surface area contributed by atoms with Gasteiger partial charge in [0, 0.05) is 29.4 Å². The average Bonchev–Trinajstić information content (AvgIpc) is 2.35. The summed E-state index contributed by atoms with van der Waals surface area (Å²) in [6.45, 7) is 0.666. The number of H-pyrrole nitrogens is 1. The predicted molar refractivity (Wildman–Crippen MR) is 54.7 cm³/mol. The van der Waals surface area contributed by atoms with E-state index in [1.54, 1.807) is 6.26 Å². The third-order valence-corrected chi connectivity index (χ3v) is 2.93. The van der Waals surface area contributed by atoms with Crippen LogP contribution in [0.2, 0.25) is 0 Å². The van der Waals surface area contributed by atoms with E-state index in [4.69, 9.17) is 12.2 Å². The first-order valence-electron chi connectivity index (χ1n) is 3.28. The Morgan fingerprint density at radius 1 is 1.83 bits per heavy atom. The number of nitrogens with zero attached hydrogens (tertiary/aromatic N) is 1. The molecule has 68 valence electrons. The van der Waals surface area contributed by atoms with Crippen molar-refractivity contribution in [3.8, 4) is 0 Å². The first-order valence-corrected chi connectivity index (χ1v) is 6.23. The first kappa shape index (κ1) is 9.82. The lowest BCUT2D eigenvalue weighted by atomic mass is 10.7. The van der Waals surface area contributed by atoms with E-state index >= 15 is 0 Å². The van der Waals surface area contributed by atoms with Crippen molar-refractivity contribution in [3.63, 3.8) is 0 Å². The van der Waals surface area contributed by atoms with Crippen LogP contribution >= 0.6 is 23.6 Å². The van der Waals surface area contributed by atoms with Crippen molar-refractivity contribution in [2.24, 2.45) is 0 Å². The van der Waals surface area contributed by atoms with Gasteiger partial charge in [-0.3, -0.25) is 9.31 Å². The molecule has 0 spiro atoms. The van der Waals surface area contributed by atoms with Crippen LogP contribution in [0.25, 0.3) is 0 Å². The van der Waals surface area contributed by atoms with Gasteiger partial charge in [0.25, 0.3) is 0 Å². The quantitative estimate of drug-likeness (QED) is 0.747. The maximum absolute atomic E-state index is 10.7. The van der Waals surface area contributed by atoms with Crippen molar-refractivity contribution in [2.75, 3.05) is 23.9 Å².